The number of hydrogen-bond acceptors (Lipinski definition) is 7. The molecule has 0 bridgehead atoms. The molecule has 0 saturated heterocycles. The van der Waals surface area contributed by atoms with Crippen molar-refractivity contribution in [3.05, 3.63) is 56.6 Å². The highest BCUT2D eigenvalue weighted by Gasteiger charge is 2.17. The summed E-state index contributed by atoms with van der Waals surface area (Å²) in [6.45, 7) is 0. The van der Waals surface area contributed by atoms with E-state index in [9.17, 15) is 25.3 Å². The molecule has 110 valence electrons. The van der Waals surface area contributed by atoms with Gasteiger partial charge < -0.3 is 5.11 Å². The van der Waals surface area contributed by atoms with Gasteiger partial charge in [-0.1, -0.05) is 0 Å². The third-order valence-corrected chi connectivity index (χ3v) is 4.09. The van der Waals surface area contributed by atoms with Crippen LogP contribution in [-0.2, 0) is 0 Å². The van der Waals surface area contributed by atoms with Crippen LogP contribution in [0.4, 0.5) is 11.4 Å². The van der Waals surface area contributed by atoms with Crippen molar-refractivity contribution in [3.8, 4) is 16.3 Å². The number of aromatic nitrogens is 1. The Balaban J connectivity index is 2.12. The van der Waals surface area contributed by atoms with Crippen LogP contribution in [-0.4, -0.2) is 19.9 Å². The van der Waals surface area contributed by atoms with Crippen molar-refractivity contribution in [1.82, 2.24) is 4.98 Å². The Hall–Kier alpha value is -3.07. The van der Waals surface area contributed by atoms with Gasteiger partial charge in [-0.2, -0.15) is 0 Å². The number of aromatic hydroxyl groups is 1. The molecule has 8 nitrogen and oxygen atoms in total. The number of nitro benzene ring substituents is 2. The van der Waals surface area contributed by atoms with Gasteiger partial charge in [-0.05, 0) is 18.2 Å². The quantitative estimate of drug-likeness (QED) is 0.583. The smallest absolute Gasteiger partial charge is 0.311 e. The van der Waals surface area contributed by atoms with Gasteiger partial charge >= 0.3 is 5.69 Å². The number of phenolic OH excluding ortho intramolecular Hbond substituents is 1. The van der Waals surface area contributed by atoms with Crippen LogP contribution in [0.15, 0.2) is 36.4 Å². The normalized spacial score (nSPS) is 10.7. The SMILES string of the molecule is O=[N+]([O-])c1ccc2sc(-c3ccc(O)c([N+](=O)[O-])c3)nc2c1. The van der Waals surface area contributed by atoms with Gasteiger partial charge in [-0.15, -0.1) is 11.3 Å². The monoisotopic (exact) mass is 317 g/mol. The van der Waals surface area contributed by atoms with Crippen LogP contribution in [0.5, 0.6) is 5.75 Å². The molecular weight excluding hydrogens is 310 g/mol. The molecule has 3 rings (SSSR count). The highest BCUT2D eigenvalue weighted by atomic mass is 32.1. The molecule has 0 aliphatic carbocycles. The fraction of sp³-hybridized carbons (Fsp3) is 0. The lowest BCUT2D eigenvalue weighted by atomic mass is 10.2. The molecule has 1 aromatic heterocycles. The molecule has 0 atom stereocenters. The number of fused-ring (bicyclic) bond motifs is 1. The first-order valence-electron chi connectivity index (χ1n) is 5.98. The molecule has 22 heavy (non-hydrogen) atoms. The standard InChI is InChI=1S/C13H7N3O5S/c17-11-3-1-7(5-10(11)16(20)21)13-14-9-6-8(15(18)19)2-4-12(9)22-13/h1-6,17H. The largest absolute Gasteiger partial charge is 0.502 e. The third kappa shape index (κ3) is 2.33. The third-order valence-electron chi connectivity index (χ3n) is 3.00. The number of nitrogens with zero attached hydrogens (tertiary/aromatic N) is 3. The fourth-order valence-electron chi connectivity index (χ4n) is 1.96. The number of nitro groups is 2. The van der Waals surface area contributed by atoms with E-state index in [0.717, 1.165) is 4.70 Å². The van der Waals surface area contributed by atoms with Gasteiger partial charge in [0.2, 0.25) is 0 Å². The lowest BCUT2D eigenvalue weighted by Gasteiger charge is -1.98. The van der Waals surface area contributed by atoms with Gasteiger partial charge in [0.1, 0.15) is 5.01 Å². The van der Waals surface area contributed by atoms with Crippen LogP contribution in [0, 0.1) is 20.2 Å². The lowest BCUT2D eigenvalue weighted by Crippen LogP contribution is -1.89. The summed E-state index contributed by atoms with van der Waals surface area (Å²) in [5, 5.41) is 31.5. The molecule has 3 aromatic rings. The number of hydrogen-bond donors (Lipinski definition) is 1. The summed E-state index contributed by atoms with van der Waals surface area (Å²) in [6, 6.07) is 8.27. The van der Waals surface area contributed by atoms with Crippen molar-refractivity contribution >= 4 is 32.9 Å². The molecular formula is C13H7N3O5S. The van der Waals surface area contributed by atoms with Crippen molar-refractivity contribution in [3.63, 3.8) is 0 Å². The van der Waals surface area contributed by atoms with Crippen molar-refractivity contribution in [1.29, 1.82) is 0 Å². The second-order valence-electron chi connectivity index (χ2n) is 4.39. The zero-order valence-electron chi connectivity index (χ0n) is 10.8. The van der Waals surface area contributed by atoms with Gasteiger partial charge in [0, 0.05) is 23.8 Å². The van der Waals surface area contributed by atoms with E-state index < -0.39 is 21.3 Å². The minimum atomic E-state index is -0.684. The zero-order chi connectivity index (χ0) is 15.9. The second-order valence-corrected chi connectivity index (χ2v) is 5.42. The van der Waals surface area contributed by atoms with E-state index in [4.69, 9.17) is 0 Å². The second kappa shape index (κ2) is 5.04. The summed E-state index contributed by atoms with van der Waals surface area (Å²) in [7, 11) is 0. The van der Waals surface area contributed by atoms with E-state index in [0.29, 0.717) is 16.1 Å². The van der Waals surface area contributed by atoms with Crippen LogP contribution in [0.1, 0.15) is 0 Å². The maximum Gasteiger partial charge on any atom is 0.311 e. The van der Waals surface area contributed by atoms with Gasteiger partial charge in [-0.25, -0.2) is 4.98 Å². The number of phenols is 1. The van der Waals surface area contributed by atoms with Crippen LogP contribution in [0.3, 0.4) is 0 Å². The Morgan fingerprint density at radius 2 is 1.82 bits per heavy atom. The van der Waals surface area contributed by atoms with Crippen molar-refractivity contribution < 1.29 is 15.0 Å². The molecule has 0 amide bonds. The maximum atomic E-state index is 10.9. The summed E-state index contributed by atoms with van der Waals surface area (Å²) >= 11 is 1.26. The lowest BCUT2D eigenvalue weighted by molar-refractivity contribution is -0.385. The Kier molecular flexibility index (Phi) is 3.18. The predicted octanol–water partition coefficient (Wildman–Crippen LogP) is 3.49. The van der Waals surface area contributed by atoms with E-state index >= 15 is 0 Å². The molecule has 0 aliphatic rings. The highest BCUT2D eigenvalue weighted by Crippen LogP contribution is 2.36. The summed E-state index contributed by atoms with van der Waals surface area (Å²) < 4.78 is 0.733. The van der Waals surface area contributed by atoms with Crippen molar-refractivity contribution in [2.24, 2.45) is 0 Å². The van der Waals surface area contributed by atoms with Crippen LogP contribution < -0.4 is 0 Å². The van der Waals surface area contributed by atoms with Gasteiger partial charge in [0.25, 0.3) is 5.69 Å². The fourth-order valence-corrected chi connectivity index (χ4v) is 2.90. The molecule has 0 aliphatic heterocycles. The number of thiazole rings is 1. The molecule has 0 spiro atoms. The van der Waals surface area contributed by atoms with Gasteiger partial charge in [0.05, 0.1) is 20.1 Å². The van der Waals surface area contributed by atoms with E-state index in [-0.39, 0.29) is 5.69 Å². The first-order valence-corrected chi connectivity index (χ1v) is 6.80. The van der Waals surface area contributed by atoms with Gasteiger partial charge in [-0.3, -0.25) is 20.2 Å². The first-order chi connectivity index (χ1) is 10.5. The average Bonchev–Trinajstić information content (AvgIpc) is 2.90. The van der Waals surface area contributed by atoms with Crippen molar-refractivity contribution in [2.75, 3.05) is 0 Å². The molecule has 0 unspecified atom stereocenters. The highest BCUT2D eigenvalue weighted by molar-refractivity contribution is 7.21. The number of non-ortho nitro benzene ring substituents is 1. The molecule has 0 fully saturated rings. The van der Waals surface area contributed by atoms with E-state index in [1.54, 1.807) is 6.07 Å². The topological polar surface area (TPSA) is 119 Å². The summed E-state index contributed by atoms with van der Waals surface area (Å²) in [5.74, 6) is -0.425. The first kappa shape index (κ1) is 13.9. The summed E-state index contributed by atoms with van der Waals surface area (Å²) in [5.41, 5.74) is 0.432. The van der Waals surface area contributed by atoms with E-state index in [1.165, 1.54) is 41.7 Å². The molecule has 0 radical (unpaired) electrons. The summed E-state index contributed by atoms with van der Waals surface area (Å²) in [4.78, 5) is 24.7. The van der Waals surface area contributed by atoms with Gasteiger partial charge in [0.15, 0.2) is 5.75 Å². The molecule has 0 saturated carbocycles. The number of benzene rings is 2. The maximum absolute atomic E-state index is 10.9. The van der Waals surface area contributed by atoms with Crippen molar-refractivity contribution in [2.45, 2.75) is 0 Å². The van der Waals surface area contributed by atoms with E-state index in [1.807, 2.05) is 0 Å². The van der Waals surface area contributed by atoms with Crippen LogP contribution in [0.25, 0.3) is 20.8 Å². The molecule has 9 heteroatoms. The number of rotatable bonds is 3. The van der Waals surface area contributed by atoms with Crippen LogP contribution in [0.2, 0.25) is 0 Å². The Labute approximate surface area is 126 Å². The molecule has 1 heterocycles. The molecule has 2 aromatic carbocycles. The minimum Gasteiger partial charge on any atom is -0.502 e. The summed E-state index contributed by atoms with van der Waals surface area (Å²) in [6.07, 6.45) is 0. The Bertz CT molecular complexity index is 921. The average molecular weight is 317 g/mol. The zero-order valence-corrected chi connectivity index (χ0v) is 11.6. The Morgan fingerprint density at radius 3 is 2.50 bits per heavy atom. The Morgan fingerprint density at radius 1 is 1.05 bits per heavy atom. The van der Waals surface area contributed by atoms with Crippen LogP contribution >= 0.6 is 11.3 Å². The predicted molar refractivity (Wildman–Crippen MR) is 80.0 cm³/mol. The van der Waals surface area contributed by atoms with E-state index in [2.05, 4.69) is 4.98 Å². The minimum absolute atomic E-state index is 0.0685. The molecule has 1 N–H and O–H groups in total.